The number of hydrogen-bond donors (Lipinski definition) is 3. The van der Waals surface area contributed by atoms with Gasteiger partial charge in [0.15, 0.2) is 5.13 Å². The highest BCUT2D eigenvalue weighted by atomic mass is 32.1. The summed E-state index contributed by atoms with van der Waals surface area (Å²) in [5.41, 5.74) is 1.19. The van der Waals surface area contributed by atoms with Gasteiger partial charge in [-0.1, -0.05) is 43.4 Å². The number of nitrogens with zero attached hydrogens (tertiary/aromatic N) is 2. The molecular weight excluding hydrogens is 412 g/mol. The van der Waals surface area contributed by atoms with Gasteiger partial charge in [-0.25, -0.2) is 4.98 Å². The second-order valence-corrected chi connectivity index (χ2v) is 9.00. The van der Waals surface area contributed by atoms with Gasteiger partial charge in [-0.05, 0) is 30.5 Å². The predicted octanol–water partition coefficient (Wildman–Crippen LogP) is 4.59. The van der Waals surface area contributed by atoms with E-state index in [9.17, 15) is 9.90 Å². The predicted molar refractivity (Wildman–Crippen MR) is 123 cm³/mol. The minimum atomic E-state index is -0.259. The fourth-order valence-electron chi connectivity index (χ4n) is 4.07. The summed E-state index contributed by atoms with van der Waals surface area (Å²) >= 11 is 1.55. The first-order valence-electron chi connectivity index (χ1n) is 10.8. The van der Waals surface area contributed by atoms with Gasteiger partial charge in [0.2, 0.25) is 0 Å². The maximum Gasteiger partial charge on any atom is 0.269 e. The molecule has 1 aliphatic rings. The van der Waals surface area contributed by atoms with Gasteiger partial charge in [-0.3, -0.25) is 9.78 Å². The van der Waals surface area contributed by atoms with Crippen molar-refractivity contribution in [3.8, 4) is 11.5 Å². The number of anilines is 1. The Morgan fingerprint density at radius 2 is 2.03 bits per heavy atom. The molecule has 0 radical (unpaired) electrons. The number of aliphatic hydroxyl groups excluding tert-OH is 1. The minimum Gasteiger partial charge on any atom is -0.457 e. The molecule has 3 N–H and O–H groups in total. The van der Waals surface area contributed by atoms with Crippen LogP contribution in [0.25, 0.3) is 10.2 Å². The number of benzene rings is 1. The molecule has 1 unspecified atom stereocenters. The summed E-state index contributed by atoms with van der Waals surface area (Å²) < 4.78 is 6.93. The van der Waals surface area contributed by atoms with Gasteiger partial charge < -0.3 is 20.5 Å². The standard InChI is InChI=1S/C23H28N4O3S/c1-24-22(29)20-12-18(9-10-25-20)30-17-7-8-19-21(13-17)31-23(27-19)26-16(14-28)11-15-5-3-2-4-6-15/h7-10,12-13,15-16,28H,2-6,11,14H2,1H3,(H,24,29)(H,26,27). The van der Waals surface area contributed by atoms with E-state index >= 15 is 0 Å². The second kappa shape index (κ2) is 10.1. The molecule has 1 fully saturated rings. The van der Waals surface area contributed by atoms with Gasteiger partial charge in [0.25, 0.3) is 5.91 Å². The molecule has 1 aliphatic carbocycles. The normalized spacial score (nSPS) is 15.5. The Morgan fingerprint density at radius 3 is 2.81 bits per heavy atom. The van der Waals surface area contributed by atoms with Crippen molar-refractivity contribution < 1.29 is 14.6 Å². The van der Waals surface area contributed by atoms with Crippen LogP contribution in [-0.4, -0.2) is 40.7 Å². The Hall–Kier alpha value is -2.71. The van der Waals surface area contributed by atoms with Gasteiger partial charge in [0.05, 0.1) is 22.9 Å². The molecule has 3 aromatic rings. The third-order valence-electron chi connectivity index (χ3n) is 5.68. The van der Waals surface area contributed by atoms with E-state index in [0.29, 0.717) is 23.1 Å². The van der Waals surface area contributed by atoms with Crippen molar-refractivity contribution in [2.45, 2.75) is 44.6 Å². The summed E-state index contributed by atoms with van der Waals surface area (Å²) in [6.07, 6.45) is 8.99. The molecular formula is C23H28N4O3S. The van der Waals surface area contributed by atoms with Crippen molar-refractivity contribution >= 4 is 32.6 Å². The van der Waals surface area contributed by atoms with Crippen LogP contribution in [0.1, 0.15) is 49.0 Å². The van der Waals surface area contributed by atoms with E-state index in [1.807, 2.05) is 18.2 Å². The van der Waals surface area contributed by atoms with E-state index in [1.165, 1.54) is 32.1 Å². The van der Waals surface area contributed by atoms with Crippen molar-refractivity contribution in [2.75, 3.05) is 19.0 Å². The molecule has 1 amide bonds. The van der Waals surface area contributed by atoms with Crippen LogP contribution in [0.3, 0.4) is 0 Å². The first kappa shape index (κ1) is 21.5. The lowest BCUT2D eigenvalue weighted by Crippen LogP contribution is -2.27. The van der Waals surface area contributed by atoms with Gasteiger partial charge in [-0.2, -0.15) is 0 Å². The van der Waals surface area contributed by atoms with Crippen LogP contribution in [-0.2, 0) is 0 Å². The summed E-state index contributed by atoms with van der Waals surface area (Å²) in [6, 6.07) is 9.07. The third-order valence-corrected chi connectivity index (χ3v) is 6.63. The Balaban J connectivity index is 1.44. The zero-order chi connectivity index (χ0) is 21.6. The van der Waals surface area contributed by atoms with Crippen molar-refractivity contribution in [1.29, 1.82) is 0 Å². The number of amides is 1. The molecule has 0 spiro atoms. The van der Waals surface area contributed by atoms with E-state index in [0.717, 1.165) is 21.8 Å². The Morgan fingerprint density at radius 1 is 1.23 bits per heavy atom. The quantitative estimate of drug-likeness (QED) is 0.474. The van der Waals surface area contributed by atoms with Crippen molar-refractivity contribution in [2.24, 2.45) is 5.92 Å². The van der Waals surface area contributed by atoms with Crippen LogP contribution >= 0.6 is 11.3 Å². The maximum atomic E-state index is 11.8. The van der Waals surface area contributed by atoms with E-state index in [1.54, 1.807) is 36.7 Å². The van der Waals surface area contributed by atoms with E-state index in [4.69, 9.17) is 4.74 Å². The largest absolute Gasteiger partial charge is 0.457 e. The summed E-state index contributed by atoms with van der Waals surface area (Å²) in [6.45, 7) is 0.108. The number of pyridine rings is 1. The van der Waals surface area contributed by atoms with Crippen molar-refractivity contribution in [3.05, 3.63) is 42.2 Å². The molecule has 2 heterocycles. The van der Waals surface area contributed by atoms with E-state index in [2.05, 4.69) is 20.6 Å². The van der Waals surface area contributed by atoms with Gasteiger partial charge >= 0.3 is 0 Å². The highest BCUT2D eigenvalue weighted by Gasteiger charge is 2.19. The molecule has 31 heavy (non-hydrogen) atoms. The van der Waals surface area contributed by atoms with E-state index < -0.39 is 0 Å². The molecule has 0 saturated heterocycles. The number of hydrogen-bond acceptors (Lipinski definition) is 7. The molecule has 2 aromatic heterocycles. The van der Waals surface area contributed by atoms with E-state index in [-0.39, 0.29) is 18.6 Å². The molecule has 1 saturated carbocycles. The highest BCUT2D eigenvalue weighted by Crippen LogP contribution is 2.33. The highest BCUT2D eigenvalue weighted by molar-refractivity contribution is 7.22. The monoisotopic (exact) mass is 440 g/mol. The zero-order valence-electron chi connectivity index (χ0n) is 17.6. The van der Waals surface area contributed by atoms with Crippen LogP contribution in [0.15, 0.2) is 36.5 Å². The molecule has 0 aliphatic heterocycles. The summed E-state index contributed by atoms with van der Waals surface area (Å²) in [5.74, 6) is 1.64. The Bertz CT molecular complexity index is 1030. The average molecular weight is 441 g/mol. The molecule has 0 bridgehead atoms. The number of rotatable bonds is 8. The van der Waals surface area contributed by atoms with Crippen LogP contribution in [0.4, 0.5) is 5.13 Å². The first-order valence-corrected chi connectivity index (χ1v) is 11.6. The number of nitrogens with one attached hydrogen (secondary N) is 2. The van der Waals surface area contributed by atoms with Crippen molar-refractivity contribution in [3.63, 3.8) is 0 Å². The van der Waals surface area contributed by atoms with Gasteiger partial charge in [0, 0.05) is 25.4 Å². The Kier molecular flexibility index (Phi) is 6.99. The molecule has 7 nitrogen and oxygen atoms in total. The number of carbonyl (C=O) groups is 1. The second-order valence-electron chi connectivity index (χ2n) is 7.97. The summed E-state index contributed by atoms with van der Waals surface area (Å²) in [7, 11) is 1.57. The number of aromatic nitrogens is 2. The number of fused-ring (bicyclic) bond motifs is 1. The van der Waals surface area contributed by atoms with Crippen LogP contribution in [0.5, 0.6) is 11.5 Å². The molecule has 1 aromatic carbocycles. The lowest BCUT2D eigenvalue weighted by molar-refractivity contribution is 0.0958. The number of carbonyl (C=O) groups excluding carboxylic acids is 1. The zero-order valence-corrected chi connectivity index (χ0v) is 18.5. The van der Waals surface area contributed by atoms with Gasteiger partial charge in [-0.15, -0.1) is 0 Å². The first-order chi connectivity index (χ1) is 15.1. The minimum absolute atomic E-state index is 0.0272. The smallest absolute Gasteiger partial charge is 0.269 e. The van der Waals surface area contributed by atoms with Crippen LogP contribution in [0.2, 0.25) is 0 Å². The SMILES string of the molecule is CNC(=O)c1cc(Oc2ccc3nc(NC(CO)CC4CCCCC4)sc3c2)ccn1. The lowest BCUT2D eigenvalue weighted by Gasteiger charge is -2.25. The van der Waals surface area contributed by atoms with Crippen LogP contribution < -0.4 is 15.4 Å². The summed E-state index contributed by atoms with van der Waals surface area (Å²) in [5, 5.41) is 16.6. The maximum absolute atomic E-state index is 11.8. The number of ether oxygens (including phenoxy) is 1. The van der Waals surface area contributed by atoms with Crippen molar-refractivity contribution in [1.82, 2.24) is 15.3 Å². The number of aliphatic hydroxyl groups is 1. The third kappa shape index (κ3) is 5.51. The molecule has 164 valence electrons. The van der Waals surface area contributed by atoms with Gasteiger partial charge in [0.1, 0.15) is 17.2 Å². The molecule has 4 rings (SSSR count). The fraction of sp³-hybridized carbons (Fsp3) is 0.435. The number of thiazole rings is 1. The lowest BCUT2D eigenvalue weighted by atomic mass is 9.85. The molecule has 1 atom stereocenters. The summed E-state index contributed by atoms with van der Waals surface area (Å²) in [4.78, 5) is 20.5. The Labute approximate surface area is 185 Å². The molecule has 8 heteroatoms. The van der Waals surface area contributed by atoms with Crippen LogP contribution in [0, 0.1) is 5.92 Å². The fourth-order valence-corrected chi connectivity index (χ4v) is 5.04. The topological polar surface area (TPSA) is 96.4 Å². The average Bonchev–Trinajstić information content (AvgIpc) is 3.20.